The number of aromatic nitrogens is 2. The minimum Gasteiger partial charge on any atom is -0.309 e. The Kier molecular flexibility index (Phi) is 4.89. The molecule has 0 radical (unpaired) electrons. The van der Waals surface area contributed by atoms with E-state index < -0.39 is 0 Å². The van der Waals surface area contributed by atoms with Crippen molar-refractivity contribution in [1.82, 2.24) is 9.13 Å². The van der Waals surface area contributed by atoms with Gasteiger partial charge in [0.25, 0.3) is 0 Å². The number of rotatable bonds is 2. The number of hydrogen-bond donors (Lipinski definition) is 0. The third-order valence-electron chi connectivity index (χ3n) is 10.8. The highest BCUT2D eigenvalue weighted by atomic mass is 32.1. The Bertz CT molecular complexity index is 3180. The lowest BCUT2D eigenvalue weighted by atomic mass is 10.0. The van der Waals surface area contributed by atoms with E-state index in [1.807, 2.05) is 11.3 Å². The second kappa shape index (κ2) is 9.25. The molecule has 3 heteroatoms. The van der Waals surface area contributed by atoms with Crippen molar-refractivity contribution in [3.63, 3.8) is 0 Å². The first-order valence-corrected chi connectivity index (χ1v) is 17.7. The van der Waals surface area contributed by atoms with E-state index in [-0.39, 0.29) is 0 Å². The van der Waals surface area contributed by atoms with Crippen LogP contribution in [-0.2, 0) is 0 Å². The van der Waals surface area contributed by atoms with Gasteiger partial charge in [-0.2, -0.15) is 0 Å². The first-order chi connectivity index (χ1) is 24.4. The van der Waals surface area contributed by atoms with Crippen LogP contribution in [-0.4, -0.2) is 9.13 Å². The normalized spacial score (nSPS) is 12.5. The molecule has 0 N–H and O–H groups in total. The molecule has 2 nitrogen and oxygen atoms in total. The molecule has 0 spiro atoms. The van der Waals surface area contributed by atoms with Crippen LogP contribution < -0.4 is 0 Å². The Hall–Kier alpha value is -6.16. The van der Waals surface area contributed by atoms with Crippen LogP contribution in [0.25, 0.3) is 108 Å². The van der Waals surface area contributed by atoms with E-state index in [0.717, 1.165) is 0 Å². The summed E-state index contributed by atoms with van der Waals surface area (Å²) in [5.74, 6) is 0. The van der Waals surface area contributed by atoms with E-state index in [2.05, 4.69) is 167 Å². The molecule has 0 saturated heterocycles. The number of fused-ring (bicyclic) bond motifs is 15. The van der Waals surface area contributed by atoms with Gasteiger partial charge in [0.1, 0.15) is 0 Å². The second-order valence-corrected chi connectivity index (χ2v) is 14.2. The molecule has 3 aromatic heterocycles. The number of para-hydroxylation sites is 3. The maximum Gasteiger partial charge on any atom is 0.0727 e. The molecule has 3 heterocycles. The van der Waals surface area contributed by atoms with Gasteiger partial charge < -0.3 is 9.13 Å². The molecule has 0 fully saturated rings. The van der Waals surface area contributed by atoms with Crippen LogP contribution in [0.1, 0.15) is 0 Å². The molecule has 1 aliphatic rings. The van der Waals surface area contributed by atoms with Crippen molar-refractivity contribution >= 4 is 85.9 Å². The van der Waals surface area contributed by atoms with Gasteiger partial charge in [-0.3, -0.25) is 0 Å². The van der Waals surface area contributed by atoms with Gasteiger partial charge in [-0.25, -0.2) is 0 Å². The Labute approximate surface area is 285 Å². The first-order valence-electron chi connectivity index (χ1n) is 16.9. The molecule has 0 unspecified atom stereocenters. The minimum atomic E-state index is 1.18. The Morgan fingerprint density at radius 3 is 1.69 bits per heavy atom. The predicted molar refractivity (Wildman–Crippen MR) is 210 cm³/mol. The van der Waals surface area contributed by atoms with Crippen molar-refractivity contribution in [2.75, 3.05) is 0 Å². The van der Waals surface area contributed by atoms with E-state index >= 15 is 0 Å². The molecule has 11 aromatic rings. The molecule has 0 aliphatic heterocycles. The maximum absolute atomic E-state index is 2.59. The molecular weight excluding hydrogens is 613 g/mol. The van der Waals surface area contributed by atoms with Crippen molar-refractivity contribution in [3.8, 4) is 33.6 Å². The smallest absolute Gasteiger partial charge is 0.0727 e. The fourth-order valence-electron chi connectivity index (χ4n) is 8.97. The zero-order chi connectivity index (χ0) is 31.8. The van der Waals surface area contributed by atoms with Gasteiger partial charge in [-0.1, -0.05) is 121 Å². The van der Waals surface area contributed by atoms with Crippen LogP contribution >= 0.6 is 11.3 Å². The highest BCUT2D eigenvalue weighted by Gasteiger charge is 2.28. The zero-order valence-electron chi connectivity index (χ0n) is 26.3. The summed E-state index contributed by atoms with van der Waals surface area (Å²) in [4.78, 5) is 0. The average Bonchev–Trinajstić information content (AvgIpc) is 3.90. The highest BCUT2D eigenvalue weighted by Crippen LogP contribution is 2.53. The van der Waals surface area contributed by atoms with Crippen LogP contribution in [0, 0.1) is 0 Å². The summed E-state index contributed by atoms with van der Waals surface area (Å²) < 4.78 is 7.73. The summed E-state index contributed by atoms with van der Waals surface area (Å²) in [7, 11) is 0. The molecule has 12 rings (SSSR count). The molecule has 0 amide bonds. The van der Waals surface area contributed by atoms with Crippen LogP contribution in [0.4, 0.5) is 0 Å². The van der Waals surface area contributed by atoms with E-state index in [4.69, 9.17) is 0 Å². The average molecular weight is 639 g/mol. The lowest BCUT2D eigenvalue weighted by Gasteiger charge is -2.14. The lowest BCUT2D eigenvalue weighted by molar-refractivity contribution is 1.19. The van der Waals surface area contributed by atoms with Gasteiger partial charge in [0.05, 0.1) is 32.5 Å². The third kappa shape index (κ3) is 3.17. The monoisotopic (exact) mass is 638 g/mol. The summed E-state index contributed by atoms with van der Waals surface area (Å²) in [5.41, 5.74) is 12.7. The van der Waals surface area contributed by atoms with Crippen molar-refractivity contribution in [2.24, 2.45) is 0 Å². The zero-order valence-corrected chi connectivity index (χ0v) is 27.1. The quantitative estimate of drug-likeness (QED) is 0.178. The molecule has 1 aliphatic carbocycles. The van der Waals surface area contributed by atoms with Crippen LogP contribution in [0.3, 0.4) is 0 Å². The second-order valence-electron chi connectivity index (χ2n) is 13.2. The first kappa shape index (κ1) is 25.9. The standard InChI is InChI=1S/C46H26N2S/c1-2-13-27(14-3-1)47-36-22-9-6-17-33(36)41-42-34-18-7-10-23-37(34)48(45(42)46-43(44(41)47)35-19-8-11-24-39(35)49-46)38-26-25-31-29-16-5-4-15-28(29)30-20-12-21-32(38)40(30)31/h1-26H. The van der Waals surface area contributed by atoms with Crippen molar-refractivity contribution in [2.45, 2.75) is 0 Å². The van der Waals surface area contributed by atoms with Gasteiger partial charge in [0.2, 0.25) is 0 Å². The topological polar surface area (TPSA) is 9.86 Å². The van der Waals surface area contributed by atoms with Crippen molar-refractivity contribution < 1.29 is 0 Å². The molecule has 0 bridgehead atoms. The summed E-state index contributed by atoms with van der Waals surface area (Å²) in [6, 6.07) is 58.3. The van der Waals surface area contributed by atoms with Gasteiger partial charge in [0, 0.05) is 48.1 Å². The predicted octanol–water partition coefficient (Wildman–Crippen LogP) is 13.0. The summed E-state index contributed by atoms with van der Waals surface area (Å²) in [6.07, 6.45) is 0. The third-order valence-corrected chi connectivity index (χ3v) is 12.0. The van der Waals surface area contributed by atoms with E-state index in [1.165, 1.54) is 108 Å². The molecule has 49 heavy (non-hydrogen) atoms. The fourth-order valence-corrected chi connectivity index (χ4v) is 10.2. The van der Waals surface area contributed by atoms with Crippen molar-refractivity contribution in [1.29, 1.82) is 0 Å². The largest absolute Gasteiger partial charge is 0.309 e. The number of nitrogens with zero attached hydrogens (tertiary/aromatic N) is 2. The van der Waals surface area contributed by atoms with Crippen molar-refractivity contribution in [3.05, 3.63) is 158 Å². The fraction of sp³-hybridized carbons (Fsp3) is 0. The van der Waals surface area contributed by atoms with E-state index in [0.29, 0.717) is 0 Å². The van der Waals surface area contributed by atoms with Gasteiger partial charge in [0.15, 0.2) is 0 Å². The van der Waals surface area contributed by atoms with Gasteiger partial charge in [-0.15, -0.1) is 11.3 Å². The van der Waals surface area contributed by atoms with Crippen LogP contribution in [0.5, 0.6) is 0 Å². The summed E-state index contributed by atoms with van der Waals surface area (Å²) in [6.45, 7) is 0. The maximum atomic E-state index is 2.59. The highest BCUT2D eigenvalue weighted by molar-refractivity contribution is 7.27. The van der Waals surface area contributed by atoms with Gasteiger partial charge in [-0.05, 0) is 64.0 Å². The Morgan fingerprint density at radius 2 is 0.918 bits per heavy atom. The number of thiophene rings is 1. The molecule has 0 atom stereocenters. The van der Waals surface area contributed by atoms with Crippen LogP contribution in [0.15, 0.2) is 158 Å². The molecule has 8 aromatic carbocycles. The summed E-state index contributed by atoms with van der Waals surface area (Å²) >= 11 is 1.92. The number of hydrogen-bond acceptors (Lipinski definition) is 1. The molecule has 0 saturated carbocycles. The molecular formula is C46H26N2S. The SMILES string of the molecule is c1ccc(-n2c3ccccc3c3c4c5ccccc5n(-c5ccc6c7c(cccc57)-c5ccccc5-6)c4c4sc5ccccc5c4c32)cc1. The van der Waals surface area contributed by atoms with E-state index in [9.17, 15) is 0 Å². The number of benzene rings is 8. The Morgan fingerprint density at radius 1 is 0.347 bits per heavy atom. The van der Waals surface area contributed by atoms with Crippen LogP contribution in [0.2, 0.25) is 0 Å². The minimum absolute atomic E-state index is 1.18. The van der Waals surface area contributed by atoms with Gasteiger partial charge >= 0.3 is 0 Å². The molecule has 226 valence electrons. The Balaban J connectivity index is 1.37. The summed E-state index contributed by atoms with van der Waals surface area (Å²) in [5, 5.41) is 10.5. The lowest BCUT2D eigenvalue weighted by Crippen LogP contribution is -1.97. The van der Waals surface area contributed by atoms with E-state index in [1.54, 1.807) is 0 Å².